The van der Waals surface area contributed by atoms with Crippen LogP contribution in [0.25, 0.3) is 0 Å². The quantitative estimate of drug-likeness (QED) is 0.727. The van der Waals surface area contributed by atoms with Crippen LogP contribution in [0.3, 0.4) is 0 Å². The minimum Gasteiger partial charge on any atom is -0.508 e. The van der Waals surface area contributed by atoms with Crippen molar-refractivity contribution < 1.29 is 14.7 Å². The maximum atomic E-state index is 11.7. The number of benzene rings is 1. The van der Waals surface area contributed by atoms with Gasteiger partial charge in [-0.3, -0.25) is 9.59 Å². The summed E-state index contributed by atoms with van der Waals surface area (Å²) in [6, 6.07) is 6.23. The van der Waals surface area contributed by atoms with Crippen molar-refractivity contribution in [2.24, 2.45) is 0 Å². The highest BCUT2D eigenvalue weighted by Gasteiger charge is 2.08. The number of phenols is 1. The number of hydrogen-bond donors (Lipinski definition) is 3. The first-order valence-electron chi connectivity index (χ1n) is 6.39. The highest BCUT2D eigenvalue weighted by atomic mass is 16.3. The number of phenolic OH excluding ortho intramolecular Hbond substituents is 1. The van der Waals surface area contributed by atoms with Crippen LogP contribution in [0.1, 0.15) is 37.0 Å². The third-order valence-electron chi connectivity index (χ3n) is 2.77. The summed E-state index contributed by atoms with van der Waals surface area (Å²) >= 11 is 0. The summed E-state index contributed by atoms with van der Waals surface area (Å²) in [6.45, 7) is 4.20. The number of rotatable bonds is 6. The number of hydrogen-bond acceptors (Lipinski definition) is 3. The van der Waals surface area contributed by atoms with Gasteiger partial charge in [0.05, 0.1) is 0 Å². The first-order chi connectivity index (χ1) is 9.02. The van der Waals surface area contributed by atoms with Gasteiger partial charge in [-0.25, -0.2) is 0 Å². The largest absolute Gasteiger partial charge is 0.508 e. The first kappa shape index (κ1) is 15.0. The molecule has 0 saturated heterocycles. The Labute approximate surface area is 113 Å². The second kappa shape index (κ2) is 7.41. The average Bonchev–Trinajstić information content (AvgIpc) is 2.38. The van der Waals surface area contributed by atoms with Gasteiger partial charge >= 0.3 is 0 Å². The second-order valence-electron chi connectivity index (χ2n) is 4.43. The topological polar surface area (TPSA) is 78.4 Å². The zero-order chi connectivity index (χ0) is 14.3. The predicted octanol–water partition coefficient (Wildman–Crippen LogP) is 1.43. The maximum Gasteiger partial charge on any atom is 0.251 e. The van der Waals surface area contributed by atoms with Crippen molar-refractivity contribution in [2.75, 3.05) is 6.54 Å². The minimum atomic E-state index is -0.299. The third-order valence-corrected chi connectivity index (χ3v) is 2.77. The Morgan fingerprint density at radius 1 is 1.37 bits per heavy atom. The number of nitrogens with one attached hydrogen (secondary N) is 2. The van der Waals surface area contributed by atoms with Gasteiger partial charge in [0.15, 0.2) is 0 Å². The van der Waals surface area contributed by atoms with Gasteiger partial charge in [-0.15, -0.1) is 0 Å². The standard InChI is InChI=1S/C14H20N2O3/c1-3-10(2)16-13(18)7-8-15-14(19)11-5-4-6-12(17)9-11/h4-6,9-10,17H,3,7-8H2,1-2H3,(H,15,19)(H,16,18). The lowest BCUT2D eigenvalue weighted by Crippen LogP contribution is -2.35. The predicted molar refractivity (Wildman–Crippen MR) is 73.0 cm³/mol. The van der Waals surface area contributed by atoms with E-state index in [4.69, 9.17) is 0 Å². The Balaban J connectivity index is 2.33. The van der Waals surface area contributed by atoms with E-state index in [2.05, 4.69) is 10.6 Å². The van der Waals surface area contributed by atoms with Crippen LogP contribution >= 0.6 is 0 Å². The Hall–Kier alpha value is -2.04. The van der Waals surface area contributed by atoms with Crippen LogP contribution in [0.4, 0.5) is 0 Å². The normalized spacial score (nSPS) is 11.7. The van der Waals surface area contributed by atoms with E-state index < -0.39 is 0 Å². The zero-order valence-electron chi connectivity index (χ0n) is 11.3. The molecule has 19 heavy (non-hydrogen) atoms. The van der Waals surface area contributed by atoms with Crippen LogP contribution in [0, 0.1) is 0 Å². The molecule has 1 unspecified atom stereocenters. The zero-order valence-corrected chi connectivity index (χ0v) is 11.3. The van der Waals surface area contributed by atoms with E-state index in [0.717, 1.165) is 6.42 Å². The molecule has 1 atom stereocenters. The molecular formula is C14H20N2O3. The van der Waals surface area contributed by atoms with Crippen LogP contribution in [-0.4, -0.2) is 29.5 Å². The van der Waals surface area contributed by atoms with Crippen molar-refractivity contribution in [3.63, 3.8) is 0 Å². The van der Waals surface area contributed by atoms with Crippen molar-refractivity contribution in [3.8, 4) is 5.75 Å². The van der Waals surface area contributed by atoms with Gasteiger partial charge in [-0.2, -0.15) is 0 Å². The fourth-order valence-electron chi connectivity index (χ4n) is 1.49. The monoisotopic (exact) mass is 264 g/mol. The van der Waals surface area contributed by atoms with Crippen molar-refractivity contribution in [1.29, 1.82) is 0 Å². The van der Waals surface area contributed by atoms with E-state index in [1.807, 2.05) is 13.8 Å². The van der Waals surface area contributed by atoms with E-state index in [1.165, 1.54) is 12.1 Å². The SMILES string of the molecule is CCC(C)NC(=O)CCNC(=O)c1cccc(O)c1. The van der Waals surface area contributed by atoms with Gasteiger partial charge in [0.1, 0.15) is 5.75 Å². The van der Waals surface area contributed by atoms with E-state index in [9.17, 15) is 14.7 Å². The summed E-state index contributed by atoms with van der Waals surface area (Å²) in [5.41, 5.74) is 0.377. The molecule has 0 aliphatic rings. The molecule has 0 spiro atoms. The van der Waals surface area contributed by atoms with Crippen LogP contribution in [-0.2, 0) is 4.79 Å². The lowest BCUT2D eigenvalue weighted by atomic mass is 10.2. The molecule has 5 heteroatoms. The molecule has 0 fully saturated rings. The Kier molecular flexibility index (Phi) is 5.85. The summed E-state index contributed by atoms with van der Waals surface area (Å²) in [5.74, 6) is -0.333. The van der Waals surface area contributed by atoms with Gasteiger partial charge in [0.2, 0.25) is 5.91 Å². The molecule has 0 heterocycles. The van der Waals surface area contributed by atoms with Crippen molar-refractivity contribution in [1.82, 2.24) is 10.6 Å². The lowest BCUT2D eigenvalue weighted by Gasteiger charge is -2.11. The van der Waals surface area contributed by atoms with E-state index in [0.29, 0.717) is 5.56 Å². The average molecular weight is 264 g/mol. The lowest BCUT2D eigenvalue weighted by molar-refractivity contribution is -0.121. The molecule has 0 aliphatic carbocycles. The number of amides is 2. The van der Waals surface area contributed by atoms with E-state index in [-0.39, 0.29) is 36.6 Å². The molecule has 5 nitrogen and oxygen atoms in total. The summed E-state index contributed by atoms with van der Waals surface area (Å²) in [4.78, 5) is 23.2. The molecule has 1 rings (SSSR count). The molecule has 0 saturated carbocycles. The van der Waals surface area contributed by atoms with Crippen molar-refractivity contribution in [2.45, 2.75) is 32.7 Å². The van der Waals surface area contributed by atoms with Gasteiger partial charge in [0.25, 0.3) is 5.91 Å². The van der Waals surface area contributed by atoms with Crippen LogP contribution in [0.5, 0.6) is 5.75 Å². The summed E-state index contributed by atoms with van der Waals surface area (Å²) in [6.07, 6.45) is 1.12. The molecule has 104 valence electrons. The molecule has 3 N–H and O–H groups in total. The number of carbonyl (C=O) groups excluding carboxylic acids is 2. The molecular weight excluding hydrogens is 244 g/mol. The number of aromatic hydroxyl groups is 1. The van der Waals surface area contributed by atoms with Gasteiger partial charge < -0.3 is 15.7 Å². The summed E-state index contributed by atoms with van der Waals surface area (Å²) in [5, 5.41) is 14.7. The summed E-state index contributed by atoms with van der Waals surface area (Å²) in [7, 11) is 0. The smallest absolute Gasteiger partial charge is 0.251 e. The first-order valence-corrected chi connectivity index (χ1v) is 6.39. The molecule has 0 aliphatic heterocycles. The van der Waals surface area contributed by atoms with Gasteiger partial charge in [-0.05, 0) is 31.5 Å². The Morgan fingerprint density at radius 2 is 2.11 bits per heavy atom. The second-order valence-corrected chi connectivity index (χ2v) is 4.43. The van der Waals surface area contributed by atoms with Crippen LogP contribution in [0.15, 0.2) is 24.3 Å². The maximum absolute atomic E-state index is 11.7. The third kappa shape index (κ3) is 5.42. The van der Waals surface area contributed by atoms with Crippen LogP contribution in [0.2, 0.25) is 0 Å². The highest BCUT2D eigenvalue weighted by molar-refractivity contribution is 5.94. The Bertz CT molecular complexity index is 446. The molecule has 0 bridgehead atoms. The minimum absolute atomic E-state index is 0.0437. The fourth-order valence-corrected chi connectivity index (χ4v) is 1.49. The van der Waals surface area contributed by atoms with E-state index in [1.54, 1.807) is 12.1 Å². The van der Waals surface area contributed by atoms with E-state index >= 15 is 0 Å². The van der Waals surface area contributed by atoms with Crippen molar-refractivity contribution >= 4 is 11.8 Å². The molecule has 1 aromatic carbocycles. The number of carbonyl (C=O) groups is 2. The Morgan fingerprint density at radius 3 is 2.74 bits per heavy atom. The van der Waals surface area contributed by atoms with Crippen LogP contribution < -0.4 is 10.6 Å². The molecule has 0 radical (unpaired) electrons. The fraction of sp³-hybridized carbons (Fsp3) is 0.429. The summed E-state index contributed by atoms with van der Waals surface area (Å²) < 4.78 is 0. The van der Waals surface area contributed by atoms with Crippen molar-refractivity contribution in [3.05, 3.63) is 29.8 Å². The highest BCUT2D eigenvalue weighted by Crippen LogP contribution is 2.10. The van der Waals surface area contributed by atoms with Gasteiger partial charge in [-0.1, -0.05) is 13.0 Å². The molecule has 2 amide bonds. The molecule has 1 aromatic rings. The van der Waals surface area contributed by atoms with Gasteiger partial charge in [0, 0.05) is 24.6 Å². The molecule has 0 aromatic heterocycles.